The van der Waals surface area contributed by atoms with E-state index in [9.17, 15) is 9.59 Å². The number of nitrogens with zero attached hydrogens (tertiary/aromatic N) is 3. The maximum atomic E-state index is 13.3. The number of aromatic nitrogens is 2. The minimum atomic E-state index is -0.331. The largest absolute Gasteiger partial charge is 0.493 e. The van der Waals surface area contributed by atoms with Gasteiger partial charge in [0.1, 0.15) is 5.82 Å². The molecular formula is C36H44N6O4. The van der Waals surface area contributed by atoms with E-state index in [0.717, 1.165) is 47.5 Å². The van der Waals surface area contributed by atoms with Gasteiger partial charge in [-0.15, -0.1) is 0 Å². The molecule has 0 spiro atoms. The number of amides is 4. The number of rotatable bonds is 8. The molecule has 0 aliphatic carbocycles. The minimum Gasteiger partial charge on any atom is -0.493 e. The molecule has 0 atom stereocenters. The lowest BCUT2D eigenvalue weighted by atomic mass is 9.89. The Morgan fingerprint density at radius 3 is 2.24 bits per heavy atom. The van der Waals surface area contributed by atoms with Gasteiger partial charge in [-0.05, 0) is 68.0 Å². The molecule has 5 rings (SSSR count). The summed E-state index contributed by atoms with van der Waals surface area (Å²) in [6.07, 6.45) is 2.54. The van der Waals surface area contributed by atoms with Crippen molar-refractivity contribution in [2.24, 2.45) is 5.92 Å². The average molecular weight is 625 g/mol. The molecule has 4 amide bonds. The summed E-state index contributed by atoms with van der Waals surface area (Å²) in [7, 11) is 3.15. The molecule has 3 N–H and O–H groups in total. The number of aryl methyl sites for hydroxylation is 1. The molecule has 4 aromatic rings. The van der Waals surface area contributed by atoms with Crippen molar-refractivity contribution in [1.29, 1.82) is 0 Å². The summed E-state index contributed by atoms with van der Waals surface area (Å²) in [5.74, 6) is 2.15. The third-order valence-corrected chi connectivity index (χ3v) is 8.31. The molecular weight excluding hydrogens is 580 g/mol. The van der Waals surface area contributed by atoms with Gasteiger partial charge in [-0.25, -0.2) is 14.3 Å². The Bertz CT molecular complexity index is 1670. The Hall–Kier alpha value is -4.99. The molecule has 0 unspecified atom stereocenters. The van der Waals surface area contributed by atoms with E-state index in [4.69, 9.17) is 14.6 Å². The summed E-state index contributed by atoms with van der Waals surface area (Å²) in [5.41, 5.74) is 5.21. The fourth-order valence-electron chi connectivity index (χ4n) is 5.58. The van der Waals surface area contributed by atoms with E-state index in [-0.39, 0.29) is 17.5 Å². The van der Waals surface area contributed by atoms with E-state index in [1.807, 2.05) is 60.4 Å². The van der Waals surface area contributed by atoms with Gasteiger partial charge in [-0.2, -0.15) is 5.10 Å². The predicted molar refractivity (Wildman–Crippen MR) is 183 cm³/mol. The van der Waals surface area contributed by atoms with E-state index in [0.29, 0.717) is 42.0 Å². The fourth-order valence-corrected chi connectivity index (χ4v) is 5.58. The van der Waals surface area contributed by atoms with Crippen molar-refractivity contribution in [3.8, 4) is 17.2 Å². The molecule has 1 fully saturated rings. The highest BCUT2D eigenvalue weighted by molar-refractivity contribution is 6.00. The highest BCUT2D eigenvalue weighted by Gasteiger charge is 2.25. The molecule has 1 aromatic heterocycles. The number of anilines is 3. The van der Waals surface area contributed by atoms with Crippen molar-refractivity contribution >= 4 is 29.3 Å². The van der Waals surface area contributed by atoms with Crippen LogP contribution in [0, 0.1) is 12.8 Å². The topological polar surface area (TPSA) is 110 Å². The van der Waals surface area contributed by atoms with Crippen LogP contribution in [0.3, 0.4) is 0 Å². The first-order chi connectivity index (χ1) is 22.0. The first kappa shape index (κ1) is 32.4. The number of methoxy groups -OCH3 is 2. The molecule has 46 heavy (non-hydrogen) atoms. The lowest BCUT2D eigenvalue weighted by Crippen LogP contribution is -2.41. The second-order valence-electron chi connectivity index (χ2n) is 12.8. The van der Waals surface area contributed by atoms with Gasteiger partial charge >= 0.3 is 12.1 Å². The maximum Gasteiger partial charge on any atom is 0.324 e. The average Bonchev–Trinajstić information content (AvgIpc) is 3.47. The zero-order chi connectivity index (χ0) is 32.8. The molecule has 10 nitrogen and oxygen atoms in total. The molecule has 1 aliphatic heterocycles. The SMILES string of the molecule is COc1ccc(NC(=O)N2CCC(Cc3ccccc3NC(=O)Nc3cc(C(C)(C)C)nn3-c3ccc(C)cc3)CC2)cc1OC. The first-order valence-corrected chi connectivity index (χ1v) is 15.7. The number of hydrogen-bond acceptors (Lipinski definition) is 5. The van der Waals surface area contributed by atoms with Gasteiger partial charge < -0.3 is 25.0 Å². The third-order valence-electron chi connectivity index (χ3n) is 8.31. The number of likely N-dealkylation sites (tertiary alicyclic amines) is 1. The van der Waals surface area contributed by atoms with Gasteiger partial charge in [0.05, 0.1) is 25.6 Å². The Balaban J connectivity index is 1.20. The summed E-state index contributed by atoms with van der Waals surface area (Å²) in [6, 6.07) is 22.7. The van der Waals surface area contributed by atoms with Crippen LogP contribution >= 0.6 is 0 Å². The normalized spacial score (nSPS) is 13.7. The minimum absolute atomic E-state index is 0.135. The van der Waals surface area contributed by atoms with Crippen LogP contribution < -0.4 is 25.4 Å². The molecule has 2 heterocycles. The van der Waals surface area contributed by atoms with Crippen LogP contribution in [-0.4, -0.2) is 54.1 Å². The molecule has 0 bridgehead atoms. The third kappa shape index (κ3) is 7.80. The molecule has 1 saturated heterocycles. The zero-order valence-corrected chi connectivity index (χ0v) is 27.5. The van der Waals surface area contributed by atoms with E-state index in [1.165, 1.54) is 0 Å². The van der Waals surface area contributed by atoms with Crippen molar-refractivity contribution in [2.75, 3.05) is 43.3 Å². The van der Waals surface area contributed by atoms with Crippen LogP contribution in [0.15, 0.2) is 72.8 Å². The standard InChI is InChI=1S/C36H44N6O4/c1-24-11-14-28(15-12-24)42-33(23-32(40-42)36(2,3)4)39-34(43)38-29-10-8-7-9-26(29)21-25-17-19-41(20-18-25)35(44)37-27-13-16-30(45-5)31(22-27)46-6/h7-16,22-23,25H,17-21H2,1-6H3,(H,37,44)(H2,38,39,43). The summed E-state index contributed by atoms with van der Waals surface area (Å²) in [4.78, 5) is 28.2. The number of hydrogen-bond donors (Lipinski definition) is 3. The quantitative estimate of drug-likeness (QED) is 0.187. The second-order valence-corrected chi connectivity index (χ2v) is 12.8. The maximum absolute atomic E-state index is 13.3. The van der Waals surface area contributed by atoms with Crippen LogP contribution in [0.4, 0.5) is 26.8 Å². The number of piperidine rings is 1. The fraction of sp³-hybridized carbons (Fsp3) is 0.361. The molecule has 10 heteroatoms. The van der Waals surface area contributed by atoms with Gasteiger partial charge in [-0.3, -0.25) is 5.32 Å². The van der Waals surface area contributed by atoms with E-state index in [2.05, 4.69) is 42.8 Å². The van der Waals surface area contributed by atoms with Crippen molar-refractivity contribution < 1.29 is 19.1 Å². The summed E-state index contributed by atoms with van der Waals surface area (Å²) in [5, 5.41) is 13.9. The van der Waals surface area contributed by atoms with Gasteiger partial charge in [0.25, 0.3) is 0 Å². The second kappa shape index (κ2) is 14.0. The molecule has 0 saturated carbocycles. The van der Waals surface area contributed by atoms with Crippen LogP contribution in [-0.2, 0) is 11.8 Å². The Morgan fingerprint density at radius 1 is 0.870 bits per heavy atom. The Morgan fingerprint density at radius 2 is 1.57 bits per heavy atom. The van der Waals surface area contributed by atoms with Crippen LogP contribution in [0.2, 0.25) is 0 Å². The van der Waals surface area contributed by atoms with Crippen molar-refractivity contribution in [2.45, 2.75) is 52.4 Å². The molecule has 242 valence electrons. The number of benzene rings is 3. The summed E-state index contributed by atoms with van der Waals surface area (Å²) < 4.78 is 12.4. The number of carbonyl (C=O) groups excluding carboxylic acids is 2. The summed E-state index contributed by atoms with van der Waals surface area (Å²) >= 11 is 0. The number of urea groups is 2. The highest BCUT2D eigenvalue weighted by Crippen LogP contribution is 2.31. The molecule has 0 radical (unpaired) electrons. The van der Waals surface area contributed by atoms with Crippen molar-refractivity contribution in [1.82, 2.24) is 14.7 Å². The van der Waals surface area contributed by atoms with Crippen molar-refractivity contribution in [3.05, 3.63) is 89.6 Å². The first-order valence-electron chi connectivity index (χ1n) is 15.7. The Kier molecular flexibility index (Phi) is 9.84. The number of nitrogens with one attached hydrogen (secondary N) is 3. The van der Waals surface area contributed by atoms with E-state index < -0.39 is 0 Å². The Labute approximate surface area is 271 Å². The van der Waals surface area contributed by atoms with Crippen molar-refractivity contribution in [3.63, 3.8) is 0 Å². The number of para-hydroxylation sites is 1. The number of ether oxygens (including phenoxy) is 2. The van der Waals surface area contributed by atoms with Gasteiger partial charge in [-0.1, -0.05) is 56.7 Å². The monoisotopic (exact) mass is 624 g/mol. The van der Waals surface area contributed by atoms with Crippen LogP contribution in [0.5, 0.6) is 11.5 Å². The van der Waals surface area contributed by atoms with E-state index >= 15 is 0 Å². The lowest BCUT2D eigenvalue weighted by molar-refractivity contribution is 0.182. The van der Waals surface area contributed by atoms with Gasteiger partial charge in [0.2, 0.25) is 0 Å². The smallest absolute Gasteiger partial charge is 0.324 e. The lowest BCUT2D eigenvalue weighted by Gasteiger charge is -2.32. The van der Waals surface area contributed by atoms with Gasteiger partial charge in [0.15, 0.2) is 11.5 Å². The highest BCUT2D eigenvalue weighted by atomic mass is 16.5. The predicted octanol–water partition coefficient (Wildman–Crippen LogP) is 7.63. The molecule has 3 aromatic carbocycles. The van der Waals surface area contributed by atoms with Crippen LogP contribution in [0.1, 0.15) is 50.4 Å². The summed E-state index contributed by atoms with van der Waals surface area (Å²) in [6.45, 7) is 9.65. The van der Waals surface area contributed by atoms with Crippen LogP contribution in [0.25, 0.3) is 5.69 Å². The zero-order valence-electron chi connectivity index (χ0n) is 27.5. The van der Waals surface area contributed by atoms with Gasteiger partial charge in [0, 0.05) is 42.0 Å². The van der Waals surface area contributed by atoms with E-state index in [1.54, 1.807) is 37.1 Å². The molecule has 1 aliphatic rings. The number of carbonyl (C=O) groups is 2.